The summed E-state index contributed by atoms with van der Waals surface area (Å²) in [5, 5.41) is 26.5. The average molecular weight is 482 g/mol. The molecule has 0 saturated heterocycles. The number of hydrogen-bond donors (Lipinski definition) is 4. The molecule has 0 bridgehead atoms. The Morgan fingerprint density at radius 1 is 0.743 bits per heavy atom. The van der Waals surface area contributed by atoms with Crippen molar-refractivity contribution in [2.45, 2.75) is 64.7 Å². The van der Waals surface area contributed by atoms with E-state index >= 15 is 0 Å². The van der Waals surface area contributed by atoms with E-state index in [2.05, 4.69) is 67.7 Å². The first kappa shape index (κ1) is 31.7. The number of rotatable bonds is 16. The monoisotopic (exact) mass is 481 g/mol. The van der Waals surface area contributed by atoms with Crippen LogP contribution < -0.4 is 5.73 Å². The third-order valence-electron chi connectivity index (χ3n) is 4.59. The van der Waals surface area contributed by atoms with Crippen LogP contribution in [0.1, 0.15) is 63.9 Å². The second-order valence-electron chi connectivity index (χ2n) is 7.71. The van der Waals surface area contributed by atoms with Crippen LogP contribution in [0.3, 0.4) is 0 Å². The summed E-state index contributed by atoms with van der Waals surface area (Å²) in [5.74, 6) is -0.920. The number of phenolic OH excluding ortho intramolecular Hbond substituents is 2. The Hall–Kier alpha value is -3.31. The summed E-state index contributed by atoms with van der Waals surface area (Å²) in [6.07, 6.45) is 33.2. The second kappa shape index (κ2) is 23.8. The lowest BCUT2D eigenvalue weighted by Gasteiger charge is -2.00. The smallest absolute Gasteiger partial charge is 0.303 e. The van der Waals surface area contributed by atoms with Gasteiger partial charge in [-0.05, 0) is 75.6 Å². The second-order valence-corrected chi connectivity index (χ2v) is 7.71. The maximum absolute atomic E-state index is 10.3. The molecule has 0 radical (unpaired) electrons. The number of allylic oxidation sites excluding steroid dienone is 12. The van der Waals surface area contributed by atoms with Crippen molar-refractivity contribution in [2.24, 2.45) is 5.73 Å². The fourth-order valence-electron chi connectivity index (χ4n) is 2.74. The van der Waals surface area contributed by atoms with E-state index in [4.69, 9.17) is 21.1 Å². The van der Waals surface area contributed by atoms with Gasteiger partial charge in [0.25, 0.3) is 0 Å². The molecule has 5 nitrogen and oxygen atoms in total. The number of aliphatic carboxylic acids is 1. The lowest BCUT2D eigenvalue weighted by molar-refractivity contribution is -0.136. The van der Waals surface area contributed by atoms with Gasteiger partial charge in [0.1, 0.15) is 0 Å². The van der Waals surface area contributed by atoms with Gasteiger partial charge in [-0.15, -0.1) is 0 Å². The van der Waals surface area contributed by atoms with E-state index in [1.165, 1.54) is 12.1 Å². The van der Waals surface area contributed by atoms with Crippen molar-refractivity contribution in [1.29, 1.82) is 0 Å². The highest BCUT2D eigenvalue weighted by Crippen LogP contribution is 2.24. The van der Waals surface area contributed by atoms with E-state index in [1.807, 2.05) is 12.2 Å². The van der Waals surface area contributed by atoms with Gasteiger partial charge in [0.15, 0.2) is 11.5 Å². The molecule has 0 heterocycles. The number of carboxylic acid groups (broad SMARTS) is 1. The number of nitrogens with two attached hydrogens (primary N) is 1. The van der Waals surface area contributed by atoms with Gasteiger partial charge in [0, 0.05) is 6.42 Å². The first-order valence-electron chi connectivity index (χ1n) is 12.3. The molecule has 0 saturated carbocycles. The SMILES string of the molecule is CC/C=C/C/C=C/C/C=C/C/C=C/C/C=C/C/C=C/CCC(=O)O.NCCc1ccc(O)c(O)c1. The molecule has 0 aliphatic heterocycles. The highest BCUT2D eigenvalue weighted by molar-refractivity contribution is 5.66. The molecule has 35 heavy (non-hydrogen) atoms. The zero-order chi connectivity index (χ0) is 26.0. The highest BCUT2D eigenvalue weighted by Gasteiger charge is 1.98. The summed E-state index contributed by atoms with van der Waals surface area (Å²) < 4.78 is 0. The Labute approximate surface area is 211 Å². The topological polar surface area (TPSA) is 104 Å². The van der Waals surface area contributed by atoms with Crippen LogP contribution in [0.2, 0.25) is 0 Å². The summed E-state index contributed by atoms with van der Waals surface area (Å²) in [5.41, 5.74) is 6.24. The van der Waals surface area contributed by atoms with Crippen LogP contribution in [0.15, 0.2) is 91.1 Å². The van der Waals surface area contributed by atoms with Crippen LogP contribution >= 0.6 is 0 Å². The lowest BCUT2D eigenvalue weighted by atomic mass is 10.1. The summed E-state index contributed by atoms with van der Waals surface area (Å²) in [6, 6.07) is 4.71. The Morgan fingerprint density at radius 2 is 1.20 bits per heavy atom. The van der Waals surface area contributed by atoms with Crippen LogP contribution in [0.4, 0.5) is 0 Å². The van der Waals surface area contributed by atoms with Crippen molar-refractivity contribution in [3.05, 3.63) is 96.7 Å². The van der Waals surface area contributed by atoms with E-state index in [0.717, 1.165) is 44.1 Å². The van der Waals surface area contributed by atoms with Crippen LogP contribution in [-0.4, -0.2) is 27.8 Å². The number of aromatic hydroxyl groups is 2. The minimum atomic E-state index is -0.741. The quantitative estimate of drug-likeness (QED) is 0.148. The third-order valence-corrected chi connectivity index (χ3v) is 4.59. The van der Waals surface area contributed by atoms with Gasteiger partial charge in [-0.3, -0.25) is 4.79 Å². The van der Waals surface area contributed by atoms with Crippen LogP contribution in [0.5, 0.6) is 11.5 Å². The molecule has 0 aromatic heterocycles. The van der Waals surface area contributed by atoms with Gasteiger partial charge >= 0.3 is 5.97 Å². The van der Waals surface area contributed by atoms with E-state index in [0.29, 0.717) is 19.4 Å². The molecule has 1 aromatic rings. The Kier molecular flexibility index (Phi) is 21.6. The Balaban J connectivity index is 0.000000867. The van der Waals surface area contributed by atoms with Crippen molar-refractivity contribution in [3.63, 3.8) is 0 Å². The van der Waals surface area contributed by atoms with Gasteiger partial charge in [0.05, 0.1) is 0 Å². The molecule has 0 spiro atoms. The Morgan fingerprint density at radius 3 is 1.60 bits per heavy atom. The minimum absolute atomic E-state index is 0.0871. The van der Waals surface area contributed by atoms with E-state index in [-0.39, 0.29) is 17.9 Å². The molecule has 1 rings (SSSR count). The van der Waals surface area contributed by atoms with Crippen LogP contribution in [-0.2, 0) is 11.2 Å². The molecule has 0 aliphatic carbocycles. The summed E-state index contributed by atoms with van der Waals surface area (Å²) in [6.45, 7) is 2.69. The van der Waals surface area contributed by atoms with Crippen LogP contribution in [0.25, 0.3) is 0 Å². The molecule has 0 amide bonds. The largest absolute Gasteiger partial charge is 0.504 e. The van der Waals surface area contributed by atoms with Crippen molar-refractivity contribution < 1.29 is 20.1 Å². The van der Waals surface area contributed by atoms with Gasteiger partial charge < -0.3 is 21.1 Å². The predicted molar refractivity (Wildman–Crippen MR) is 148 cm³/mol. The third kappa shape index (κ3) is 22.3. The number of phenols is 2. The maximum Gasteiger partial charge on any atom is 0.303 e. The summed E-state index contributed by atoms with van der Waals surface area (Å²) in [4.78, 5) is 10.3. The summed E-state index contributed by atoms with van der Waals surface area (Å²) in [7, 11) is 0. The molecule has 0 unspecified atom stereocenters. The summed E-state index contributed by atoms with van der Waals surface area (Å²) >= 11 is 0. The number of hydrogen-bond acceptors (Lipinski definition) is 4. The normalized spacial score (nSPS) is 12.1. The number of carbonyl (C=O) groups is 1. The van der Waals surface area contributed by atoms with Gasteiger partial charge in [-0.1, -0.05) is 85.9 Å². The molecule has 0 fully saturated rings. The predicted octanol–water partition coefficient (Wildman–Crippen LogP) is 7.15. The Bertz CT molecular complexity index is 848. The maximum atomic E-state index is 10.3. The number of carboxylic acids is 1. The van der Waals surface area contributed by atoms with E-state index < -0.39 is 5.97 Å². The van der Waals surface area contributed by atoms with Gasteiger partial charge in [-0.2, -0.15) is 0 Å². The molecule has 5 heteroatoms. The molecule has 5 N–H and O–H groups in total. The molecule has 0 aliphatic rings. The lowest BCUT2D eigenvalue weighted by Crippen LogP contribution is -2.02. The fraction of sp³-hybridized carbons (Fsp3) is 0.367. The molecular formula is C30H43NO4. The molecule has 1 aromatic carbocycles. The van der Waals surface area contributed by atoms with Gasteiger partial charge in [-0.25, -0.2) is 0 Å². The average Bonchev–Trinajstić information content (AvgIpc) is 2.83. The molecular weight excluding hydrogens is 438 g/mol. The van der Waals surface area contributed by atoms with E-state index in [1.54, 1.807) is 6.07 Å². The first-order valence-corrected chi connectivity index (χ1v) is 12.3. The zero-order valence-electron chi connectivity index (χ0n) is 21.1. The van der Waals surface area contributed by atoms with E-state index in [9.17, 15) is 4.79 Å². The van der Waals surface area contributed by atoms with Crippen molar-refractivity contribution in [3.8, 4) is 11.5 Å². The standard InChI is InChI=1S/C22H32O2.C8H11NO2/c1-2-3-4-5-6-7-8-9-10-11-12-13-14-15-16-17-18-19-20-21-22(23)24;9-4-3-6-1-2-7(10)8(11)5-6/h3-4,6-7,9-10,12-13,15-16,18-19H,2,5,8,11,14,17,20-21H2,1H3,(H,23,24);1-2,5,10-11H,3-4,9H2/b4-3+,7-6+,10-9+,13-12+,16-15+,19-18+;. The molecule has 0 atom stereocenters. The zero-order valence-corrected chi connectivity index (χ0v) is 21.1. The van der Waals surface area contributed by atoms with Crippen LogP contribution in [0, 0.1) is 0 Å². The fourth-order valence-corrected chi connectivity index (χ4v) is 2.74. The number of benzene rings is 1. The van der Waals surface area contributed by atoms with Crippen molar-refractivity contribution in [1.82, 2.24) is 0 Å². The van der Waals surface area contributed by atoms with Gasteiger partial charge in [0.2, 0.25) is 0 Å². The molecule has 192 valence electrons. The first-order chi connectivity index (χ1) is 17.0. The minimum Gasteiger partial charge on any atom is -0.504 e. The highest BCUT2D eigenvalue weighted by atomic mass is 16.4. The van der Waals surface area contributed by atoms with Crippen molar-refractivity contribution in [2.75, 3.05) is 6.54 Å². The van der Waals surface area contributed by atoms with Crippen molar-refractivity contribution >= 4 is 5.97 Å².